The molecule has 244 valence electrons. The fraction of sp³-hybridized carbons (Fsp3) is 0.0204. The first-order valence-electron chi connectivity index (χ1n) is 17.8. The highest BCUT2D eigenvalue weighted by Gasteiger charge is 2.51. The van der Waals surface area contributed by atoms with Crippen LogP contribution in [0.25, 0.3) is 49.7 Å². The SMILES string of the molecule is c1ccc(-c2cccc3c2C2(c4ccccc4Oc4cc(-c5cccc6c5c5ccccc5n6-c5ccccc5)ccc42)c2ccccc2O3)cc1. The van der Waals surface area contributed by atoms with Crippen molar-refractivity contribution in [2.75, 3.05) is 0 Å². The molecule has 0 saturated carbocycles. The molecule has 8 aromatic carbocycles. The van der Waals surface area contributed by atoms with Crippen LogP contribution < -0.4 is 9.47 Å². The van der Waals surface area contributed by atoms with Gasteiger partial charge in [-0.3, -0.25) is 0 Å². The molecule has 11 rings (SSSR count). The Balaban J connectivity index is 1.21. The first kappa shape index (κ1) is 28.9. The van der Waals surface area contributed by atoms with Crippen LogP contribution in [0.3, 0.4) is 0 Å². The van der Waals surface area contributed by atoms with Gasteiger partial charge in [0.25, 0.3) is 0 Å². The topological polar surface area (TPSA) is 23.4 Å². The number of aromatic nitrogens is 1. The first-order valence-corrected chi connectivity index (χ1v) is 17.8. The lowest BCUT2D eigenvalue weighted by Crippen LogP contribution is -2.37. The van der Waals surface area contributed by atoms with Crippen molar-refractivity contribution in [3.63, 3.8) is 0 Å². The Morgan fingerprint density at radius 2 is 0.962 bits per heavy atom. The van der Waals surface area contributed by atoms with E-state index in [1.807, 2.05) is 0 Å². The normalized spacial score (nSPS) is 15.3. The number of hydrogen-bond acceptors (Lipinski definition) is 2. The maximum Gasteiger partial charge on any atom is 0.132 e. The number of nitrogens with zero attached hydrogens (tertiary/aromatic N) is 1. The molecule has 1 aromatic heterocycles. The van der Waals surface area contributed by atoms with E-state index in [0.717, 1.165) is 67.6 Å². The van der Waals surface area contributed by atoms with E-state index in [9.17, 15) is 0 Å². The van der Waals surface area contributed by atoms with Gasteiger partial charge in [0, 0.05) is 38.7 Å². The number of benzene rings is 8. The van der Waals surface area contributed by atoms with E-state index in [2.05, 4.69) is 193 Å². The van der Waals surface area contributed by atoms with E-state index in [4.69, 9.17) is 9.47 Å². The Morgan fingerprint density at radius 1 is 0.385 bits per heavy atom. The van der Waals surface area contributed by atoms with Gasteiger partial charge in [0.2, 0.25) is 0 Å². The summed E-state index contributed by atoms with van der Waals surface area (Å²) in [4.78, 5) is 0. The van der Waals surface area contributed by atoms with Gasteiger partial charge in [-0.05, 0) is 70.8 Å². The van der Waals surface area contributed by atoms with Crippen molar-refractivity contribution in [2.45, 2.75) is 5.41 Å². The largest absolute Gasteiger partial charge is 0.457 e. The van der Waals surface area contributed by atoms with Crippen LogP contribution in [0.15, 0.2) is 188 Å². The summed E-state index contributed by atoms with van der Waals surface area (Å²) in [6.45, 7) is 0. The number of ether oxygens (including phenoxy) is 2. The monoisotopic (exact) mass is 665 g/mol. The van der Waals surface area contributed by atoms with Gasteiger partial charge >= 0.3 is 0 Å². The lowest BCUT2D eigenvalue weighted by Gasteiger charge is -2.45. The maximum atomic E-state index is 6.97. The molecule has 0 fully saturated rings. The van der Waals surface area contributed by atoms with E-state index >= 15 is 0 Å². The smallest absolute Gasteiger partial charge is 0.132 e. The summed E-state index contributed by atoms with van der Waals surface area (Å²) in [5.74, 6) is 3.39. The van der Waals surface area contributed by atoms with Gasteiger partial charge < -0.3 is 14.0 Å². The Hall–Kier alpha value is -6.84. The molecule has 1 unspecified atom stereocenters. The average molecular weight is 666 g/mol. The van der Waals surface area contributed by atoms with Crippen molar-refractivity contribution >= 4 is 21.8 Å². The molecular formula is C49H31NO2. The van der Waals surface area contributed by atoms with E-state index in [1.54, 1.807) is 0 Å². The molecule has 0 bridgehead atoms. The molecule has 3 heterocycles. The van der Waals surface area contributed by atoms with Crippen molar-refractivity contribution in [1.29, 1.82) is 0 Å². The zero-order valence-electron chi connectivity index (χ0n) is 28.2. The number of hydrogen-bond donors (Lipinski definition) is 0. The molecule has 3 heteroatoms. The van der Waals surface area contributed by atoms with Gasteiger partial charge in [-0.2, -0.15) is 0 Å². The number of rotatable bonds is 3. The van der Waals surface area contributed by atoms with E-state index in [-0.39, 0.29) is 0 Å². The van der Waals surface area contributed by atoms with Crippen LogP contribution in [-0.4, -0.2) is 4.57 Å². The fourth-order valence-corrected chi connectivity index (χ4v) is 8.87. The first-order chi connectivity index (χ1) is 25.8. The Labute approximate surface area is 301 Å². The lowest BCUT2D eigenvalue weighted by atomic mass is 9.61. The minimum atomic E-state index is -0.700. The van der Waals surface area contributed by atoms with Crippen LogP contribution in [0.5, 0.6) is 23.0 Å². The third-order valence-electron chi connectivity index (χ3n) is 10.9. The summed E-state index contributed by atoms with van der Waals surface area (Å²) >= 11 is 0. The van der Waals surface area contributed by atoms with Gasteiger partial charge in [-0.15, -0.1) is 0 Å². The molecule has 0 saturated heterocycles. The van der Waals surface area contributed by atoms with Crippen molar-refractivity contribution in [2.24, 2.45) is 0 Å². The highest BCUT2D eigenvalue weighted by molar-refractivity contribution is 6.15. The van der Waals surface area contributed by atoms with Crippen LogP contribution in [0.4, 0.5) is 0 Å². The Bertz CT molecular complexity index is 2840. The van der Waals surface area contributed by atoms with Crippen LogP contribution in [0, 0.1) is 0 Å². The Kier molecular flexibility index (Phi) is 6.17. The van der Waals surface area contributed by atoms with Crippen LogP contribution >= 0.6 is 0 Å². The Morgan fingerprint density at radius 3 is 1.75 bits per heavy atom. The highest BCUT2D eigenvalue weighted by Crippen LogP contribution is 2.63. The van der Waals surface area contributed by atoms with Gasteiger partial charge in [0.15, 0.2) is 0 Å². The second kappa shape index (κ2) is 11.1. The molecule has 0 amide bonds. The molecule has 2 aliphatic heterocycles. The molecule has 9 aromatic rings. The molecule has 0 N–H and O–H groups in total. The third-order valence-corrected chi connectivity index (χ3v) is 10.9. The molecule has 0 aliphatic carbocycles. The molecule has 3 nitrogen and oxygen atoms in total. The molecule has 2 aliphatic rings. The third kappa shape index (κ3) is 3.96. The number of fused-ring (bicyclic) bond motifs is 11. The predicted octanol–water partition coefficient (Wildman–Crippen LogP) is 12.7. The second-order valence-electron chi connectivity index (χ2n) is 13.6. The minimum Gasteiger partial charge on any atom is -0.457 e. The fourth-order valence-electron chi connectivity index (χ4n) is 8.87. The van der Waals surface area contributed by atoms with Gasteiger partial charge in [0.05, 0.1) is 16.4 Å². The molecular weight excluding hydrogens is 635 g/mol. The van der Waals surface area contributed by atoms with E-state index < -0.39 is 5.41 Å². The van der Waals surface area contributed by atoms with Crippen molar-refractivity contribution in [3.8, 4) is 50.9 Å². The predicted molar refractivity (Wildman–Crippen MR) is 210 cm³/mol. The lowest BCUT2D eigenvalue weighted by molar-refractivity contribution is 0.400. The van der Waals surface area contributed by atoms with Crippen LogP contribution in [0.2, 0.25) is 0 Å². The standard InChI is InChI=1S/C49H31NO2/c1-3-15-32(16-4-1)36-21-14-28-45-48(36)49(38-22-8-11-26-43(38)51-45)39-23-9-12-27-44(39)52-46-31-33(29-30-40(46)49)35-20-13-25-42-47(35)37-19-7-10-24-41(37)50(42)34-17-5-2-6-18-34/h1-31H. The zero-order valence-corrected chi connectivity index (χ0v) is 28.2. The van der Waals surface area contributed by atoms with Gasteiger partial charge in [-0.25, -0.2) is 0 Å². The van der Waals surface area contributed by atoms with Crippen molar-refractivity contribution in [3.05, 3.63) is 210 Å². The van der Waals surface area contributed by atoms with Crippen molar-refractivity contribution < 1.29 is 9.47 Å². The minimum absolute atomic E-state index is 0.700. The molecule has 52 heavy (non-hydrogen) atoms. The summed E-state index contributed by atoms with van der Waals surface area (Å²) in [5, 5.41) is 2.44. The average Bonchev–Trinajstić information content (AvgIpc) is 3.56. The van der Waals surface area contributed by atoms with E-state index in [0.29, 0.717) is 0 Å². The highest BCUT2D eigenvalue weighted by atomic mass is 16.5. The van der Waals surface area contributed by atoms with Gasteiger partial charge in [0.1, 0.15) is 23.0 Å². The zero-order chi connectivity index (χ0) is 34.2. The summed E-state index contributed by atoms with van der Waals surface area (Å²) in [7, 11) is 0. The summed E-state index contributed by atoms with van der Waals surface area (Å²) in [5.41, 5.74) is 11.8. The number of para-hydroxylation sites is 4. The molecule has 0 radical (unpaired) electrons. The van der Waals surface area contributed by atoms with Crippen molar-refractivity contribution in [1.82, 2.24) is 4.57 Å². The maximum absolute atomic E-state index is 6.97. The van der Waals surface area contributed by atoms with Gasteiger partial charge in [-0.1, -0.05) is 140 Å². The summed E-state index contributed by atoms with van der Waals surface area (Å²) in [6.07, 6.45) is 0. The van der Waals surface area contributed by atoms with Crippen LogP contribution in [-0.2, 0) is 5.41 Å². The van der Waals surface area contributed by atoms with E-state index in [1.165, 1.54) is 27.4 Å². The second-order valence-corrected chi connectivity index (χ2v) is 13.6. The summed E-state index contributed by atoms with van der Waals surface area (Å²) in [6, 6.07) is 66.9. The summed E-state index contributed by atoms with van der Waals surface area (Å²) < 4.78 is 16.1. The molecule has 1 spiro atoms. The quantitative estimate of drug-likeness (QED) is 0.187. The molecule has 1 atom stereocenters. The van der Waals surface area contributed by atoms with Crippen LogP contribution in [0.1, 0.15) is 22.3 Å².